The Bertz CT molecular complexity index is 723. The lowest BCUT2D eigenvalue weighted by Gasteiger charge is -2.28. The molecular weight excluding hydrogens is 284 g/mol. The average Bonchev–Trinajstić information content (AvgIpc) is 2.51. The first-order valence-corrected chi connectivity index (χ1v) is 7.18. The van der Waals surface area contributed by atoms with Gasteiger partial charge in [0.25, 0.3) is 0 Å². The van der Waals surface area contributed by atoms with Gasteiger partial charge in [0.15, 0.2) is 0 Å². The zero-order chi connectivity index (χ0) is 15.9. The van der Waals surface area contributed by atoms with E-state index < -0.39 is 0 Å². The Hall–Kier alpha value is -2.14. The van der Waals surface area contributed by atoms with E-state index in [2.05, 4.69) is 0 Å². The summed E-state index contributed by atoms with van der Waals surface area (Å²) in [5.74, 6) is 2.14. The number of hydrogen-bond acceptors (Lipinski definition) is 5. The molecule has 1 heterocycles. The summed E-state index contributed by atoms with van der Waals surface area (Å²) in [4.78, 5) is 0. The van der Waals surface area contributed by atoms with Crippen molar-refractivity contribution in [1.82, 2.24) is 0 Å². The largest absolute Gasteiger partial charge is 0.508 e. The molecule has 1 aliphatic heterocycles. The SMILES string of the molecule is COc1c2c(c(OC)c3c(OC)cc(O)cc13)CO[C@@H](C)C2. The van der Waals surface area contributed by atoms with Gasteiger partial charge in [-0.05, 0) is 13.0 Å². The second kappa shape index (κ2) is 5.57. The molecule has 0 saturated carbocycles. The maximum Gasteiger partial charge on any atom is 0.136 e. The number of phenols is 1. The molecular formula is C17H20O5. The number of methoxy groups -OCH3 is 3. The summed E-state index contributed by atoms with van der Waals surface area (Å²) in [5, 5.41) is 11.6. The Morgan fingerprint density at radius 2 is 1.77 bits per heavy atom. The molecule has 1 atom stereocenters. The van der Waals surface area contributed by atoms with Crippen LogP contribution >= 0.6 is 0 Å². The van der Waals surface area contributed by atoms with Gasteiger partial charge in [-0.15, -0.1) is 0 Å². The predicted molar refractivity (Wildman–Crippen MR) is 83.2 cm³/mol. The molecule has 0 amide bonds. The second-order valence-corrected chi connectivity index (χ2v) is 5.42. The highest BCUT2D eigenvalue weighted by Gasteiger charge is 2.28. The summed E-state index contributed by atoms with van der Waals surface area (Å²) in [6, 6.07) is 3.25. The van der Waals surface area contributed by atoms with Crippen LogP contribution in [0.25, 0.3) is 10.8 Å². The zero-order valence-electron chi connectivity index (χ0n) is 13.2. The minimum Gasteiger partial charge on any atom is -0.508 e. The van der Waals surface area contributed by atoms with Gasteiger partial charge >= 0.3 is 0 Å². The van der Waals surface area contributed by atoms with Crippen LogP contribution in [0.2, 0.25) is 0 Å². The van der Waals surface area contributed by atoms with Crippen LogP contribution in [0.1, 0.15) is 18.1 Å². The van der Waals surface area contributed by atoms with E-state index in [1.54, 1.807) is 33.5 Å². The van der Waals surface area contributed by atoms with E-state index in [-0.39, 0.29) is 11.9 Å². The van der Waals surface area contributed by atoms with Gasteiger partial charge in [-0.25, -0.2) is 0 Å². The molecule has 2 aromatic carbocycles. The smallest absolute Gasteiger partial charge is 0.136 e. The van der Waals surface area contributed by atoms with Gasteiger partial charge in [-0.1, -0.05) is 0 Å². The molecule has 0 unspecified atom stereocenters. The van der Waals surface area contributed by atoms with E-state index in [0.717, 1.165) is 39.8 Å². The first kappa shape index (κ1) is 14.8. The van der Waals surface area contributed by atoms with Crippen LogP contribution in [0.5, 0.6) is 23.0 Å². The normalized spacial score (nSPS) is 17.2. The molecule has 0 aromatic heterocycles. The summed E-state index contributed by atoms with van der Waals surface area (Å²) in [5.41, 5.74) is 2.05. The molecule has 2 aromatic rings. The maximum absolute atomic E-state index is 9.98. The molecule has 5 heteroatoms. The Morgan fingerprint density at radius 1 is 1.05 bits per heavy atom. The van der Waals surface area contributed by atoms with Gasteiger partial charge in [-0.3, -0.25) is 0 Å². The van der Waals surface area contributed by atoms with Crippen LogP contribution < -0.4 is 14.2 Å². The Morgan fingerprint density at radius 3 is 2.41 bits per heavy atom. The van der Waals surface area contributed by atoms with Crippen molar-refractivity contribution >= 4 is 10.8 Å². The van der Waals surface area contributed by atoms with Gasteiger partial charge in [-0.2, -0.15) is 0 Å². The standard InChI is InChI=1S/C17H20O5/c1-9-5-11-13(8-22-9)17(21-4)15-12(16(11)20-3)6-10(18)7-14(15)19-2/h6-7,9,18H,5,8H2,1-4H3/t9-/m0/s1. The third kappa shape index (κ3) is 2.13. The Labute approximate surface area is 129 Å². The number of ether oxygens (including phenoxy) is 4. The quantitative estimate of drug-likeness (QED) is 0.944. The molecule has 0 fully saturated rings. The van der Waals surface area contributed by atoms with Crippen LogP contribution in [0, 0.1) is 0 Å². The molecule has 1 N–H and O–H groups in total. The number of phenolic OH excluding ortho intramolecular Hbond substituents is 1. The second-order valence-electron chi connectivity index (χ2n) is 5.42. The fourth-order valence-electron chi connectivity index (χ4n) is 3.16. The third-order valence-corrected chi connectivity index (χ3v) is 4.10. The Balaban J connectivity index is 2.46. The lowest BCUT2D eigenvalue weighted by Crippen LogP contribution is -2.20. The first-order chi connectivity index (χ1) is 10.6. The average molecular weight is 304 g/mol. The summed E-state index contributed by atoms with van der Waals surface area (Å²) >= 11 is 0. The minimum atomic E-state index is 0.114. The van der Waals surface area contributed by atoms with Crippen molar-refractivity contribution in [3.63, 3.8) is 0 Å². The highest BCUT2D eigenvalue weighted by atomic mass is 16.5. The highest BCUT2D eigenvalue weighted by Crippen LogP contribution is 2.48. The van der Waals surface area contributed by atoms with Gasteiger partial charge < -0.3 is 24.1 Å². The van der Waals surface area contributed by atoms with E-state index in [0.29, 0.717) is 12.4 Å². The lowest BCUT2D eigenvalue weighted by molar-refractivity contribution is 0.0390. The van der Waals surface area contributed by atoms with Crippen LogP contribution in [0.3, 0.4) is 0 Å². The molecule has 0 aliphatic carbocycles. The van der Waals surface area contributed by atoms with Crippen molar-refractivity contribution in [2.24, 2.45) is 0 Å². The summed E-state index contributed by atoms with van der Waals surface area (Å²) in [7, 11) is 4.84. The third-order valence-electron chi connectivity index (χ3n) is 4.10. The molecule has 118 valence electrons. The molecule has 1 aliphatic rings. The van der Waals surface area contributed by atoms with Gasteiger partial charge in [0.1, 0.15) is 23.0 Å². The van der Waals surface area contributed by atoms with Gasteiger partial charge in [0, 0.05) is 29.0 Å². The van der Waals surface area contributed by atoms with Crippen molar-refractivity contribution in [2.75, 3.05) is 21.3 Å². The molecule has 0 radical (unpaired) electrons. The number of rotatable bonds is 3. The van der Waals surface area contributed by atoms with E-state index in [1.807, 2.05) is 6.92 Å². The van der Waals surface area contributed by atoms with E-state index >= 15 is 0 Å². The van der Waals surface area contributed by atoms with Crippen molar-refractivity contribution in [2.45, 2.75) is 26.1 Å². The number of hydrogen-bond donors (Lipinski definition) is 1. The number of aromatic hydroxyl groups is 1. The molecule has 0 bridgehead atoms. The fourth-order valence-corrected chi connectivity index (χ4v) is 3.16. The van der Waals surface area contributed by atoms with E-state index in [4.69, 9.17) is 18.9 Å². The Kier molecular flexibility index (Phi) is 3.74. The summed E-state index contributed by atoms with van der Waals surface area (Å²) < 4.78 is 22.5. The van der Waals surface area contributed by atoms with Crippen molar-refractivity contribution < 1.29 is 24.1 Å². The molecule has 0 saturated heterocycles. The molecule has 22 heavy (non-hydrogen) atoms. The maximum atomic E-state index is 9.98. The van der Waals surface area contributed by atoms with Crippen LogP contribution in [0.15, 0.2) is 12.1 Å². The van der Waals surface area contributed by atoms with E-state index in [9.17, 15) is 5.11 Å². The van der Waals surface area contributed by atoms with E-state index in [1.165, 1.54) is 0 Å². The van der Waals surface area contributed by atoms with Crippen molar-refractivity contribution in [3.05, 3.63) is 23.3 Å². The topological polar surface area (TPSA) is 57.2 Å². The van der Waals surface area contributed by atoms with Crippen molar-refractivity contribution in [3.8, 4) is 23.0 Å². The summed E-state index contributed by atoms with van der Waals surface area (Å²) in [6.07, 6.45) is 0.853. The van der Waals surface area contributed by atoms with Crippen molar-refractivity contribution in [1.29, 1.82) is 0 Å². The predicted octanol–water partition coefficient (Wildman–Crippen LogP) is 3.03. The minimum absolute atomic E-state index is 0.114. The van der Waals surface area contributed by atoms with Crippen LogP contribution in [-0.4, -0.2) is 32.5 Å². The van der Waals surface area contributed by atoms with Crippen LogP contribution in [0.4, 0.5) is 0 Å². The molecule has 3 rings (SSSR count). The van der Waals surface area contributed by atoms with Crippen LogP contribution in [-0.2, 0) is 17.8 Å². The van der Waals surface area contributed by atoms with Gasteiger partial charge in [0.05, 0.1) is 39.4 Å². The first-order valence-electron chi connectivity index (χ1n) is 7.18. The molecule has 5 nitrogen and oxygen atoms in total. The zero-order valence-corrected chi connectivity index (χ0v) is 13.2. The number of benzene rings is 2. The molecule has 0 spiro atoms. The monoisotopic (exact) mass is 304 g/mol. The number of fused-ring (bicyclic) bond motifs is 2. The fraction of sp³-hybridized carbons (Fsp3) is 0.412. The lowest BCUT2D eigenvalue weighted by atomic mass is 9.92. The highest BCUT2D eigenvalue weighted by molar-refractivity contribution is 6.01. The summed E-state index contributed by atoms with van der Waals surface area (Å²) in [6.45, 7) is 2.50. The van der Waals surface area contributed by atoms with Gasteiger partial charge in [0.2, 0.25) is 0 Å².